The SMILES string of the molecule is CS(=O)(=O)C1=C(OC(F)(F)F)C=CCC1=O. The van der Waals surface area contributed by atoms with Gasteiger partial charge in [-0.05, 0) is 6.08 Å². The zero-order valence-electron chi connectivity index (χ0n) is 8.04. The van der Waals surface area contributed by atoms with E-state index in [2.05, 4.69) is 4.74 Å². The highest BCUT2D eigenvalue weighted by Crippen LogP contribution is 2.28. The lowest BCUT2D eigenvalue weighted by molar-refractivity contribution is -0.303. The van der Waals surface area contributed by atoms with E-state index in [1.165, 1.54) is 0 Å². The second-order valence-electron chi connectivity index (χ2n) is 3.04. The van der Waals surface area contributed by atoms with Crippen LogP contribution in [0, 0.1) is 0 Å². The van der Waals surface area contributed by atoms with E-state index in [0.717, 1.165) is 12.2 Å². The first-order valence-corrected chi connectivity index (χ1v) is 5.90. The van der Waals surface area contributed by atoms with Crippen LogP contribution in [0.25, 0.3) is 0 Å². The molecule has 0 amide bonds. The molecule has 0 aromatic rings. The number of hydrogen-bond donors (Lipinski definition) is 0. The van der Waals surface area contributed by atoms with Crippen molar-refractivity contribution in [2.45, 2.75) is 12.8 Å². The van der Waals surface area contributed by atoms with Gasteiger partial charge in [0.2, 0.25) is 0 Å². The molecular weight excluding hydrogens is 249 g/mol. The highest BCUT2D eigenvalue weighted by atomic mass is 32.2. The van der Waals surface area contributed by atoms with Crippen LogP contribution in [0.4, 0.5) is 13.2 Å². The first-order valence-electron chi connectivity index (χ1n) is 4.01. The van der Waals surface area contributed by atoms with Crippen LogP contribution in [0.1, 0.15) is 6.42 Å². The van der Waals surface area contributed by atoms with Crippen LogP contribution in [0.3, 0.4) is 0 Å². The number of carbonyl (C=O) groups excluding carboxylic acids is 1. The molecule has 0 unspecified atom stereocenters. The molecule has 1 aliphatic carbocycles. The maximum absolute atomic E-state index is 11.9. The summed E-state index contributed by atoms with van der Waals surface area (Å²) in [7, 11) is -4.04. The standard InChI is InChI=1S/C8H7F3O4S/c1-16(13,14)7-5(12)3-2-4-6(7)15-8(9,10)11/h2,4H,3H2,1H3. The molecule has 4 nitrogen and oxygen atoms in total. The van der Waals surface area contributed by atoms with Gasteiger partial charge >= 0.3 is 6.36 Å². The molecule has 0 atom stereocenters. The van der Waals surface area contributed by atoms with E-state index >= 15 is 0 Å². The quantitative estimate of drug-likeness (QED) is 0.747. The van der Waals surface area contributed by atoms with Crippen molar-refractivity contribution in [3.8, 4) is 0 Å². The van der Waals surface area contributed by atoms with Gasteiger partial charge in [-0.25, -0.2) is 8.42 Å². The monoisotopic (exact) mass is 256 g/mol. The smallest absolute Gasteiger partial charge is 0.404 e. The number of allylic oxidation sites excluding steroid dienone is 3. The van der Waals surface area contributed by atoms with Gasteiger partial charge in [0, 0.05) is 12.7 Å². The van der Waals surface area contributed by atoms with E-state index in [4.69, 9.17) is 0 Å². The first kappa shape index (κ1) is 12.8. The highest BCUT2D eigenvalue weighted by Gasteiger charge is 2.36. The largest absolute Gasteiger partial charge is 0.573 e. The van der Waals surface area contributed by atoms with Crippen molar-refractivity contribution in [3.63, 3.8) is 0 Å². The van der Waals surface area contributed by atoms with Crippen molar-refractivity contribution < 1.29 is 31.1 Å². The summed E-state index contributed by atoms with van der Waals surface area (Å²) in [5, 5.41) is 0. The Bertz CT molecular complexity index is 470. The van der Waals surface area contributed by atoms with Crippen LogP contribution in [0.2, 0.25) is 0 Å². The molecule has 0 bridgehead atoms. The van der Waals surface area contributed by atoms with Crippen LogP contribution in [-0.4, -0.2) is 26.8 Å². The van der Waals surface area contributed by atoms with Gasteiger partial charge in [0.15, 0.2) is 26.3 Å². The number of carbonyl (C=O) groups is 1. The number of ketones is 1. The molecular formula is C8H7F3O4S. The zero-order chi connectivity index (χ0) is 12.6. The lowest BCUT2D eigenvalue weighted by Gasteiger charge is -2.15. The third kappa shape index (κ3) is 3.09. The predicted octanol–water partition coefficient (Wildman–Crippen LogP) is 1.31. The maximum Gasteiger partial charge on any atom is 0.573 e. The molecule has 0 aliphatic heterocycles. The van der Waals surface area contributed by atoms with E-state index in [9.17, 15) is 26.4 Å². The molecule has 8 heteroatoms. The molecule has 1 aliphatic rings. The molecule has 0 radical (unpaired) electrons. The Labute approximate surface area is 89.3 Å². The van der Waals surface area contributed by atoms with Gasteiger partial charge in [-0.1, -0.05) is 6.08 Å². The van der Waals surface area contributed by atoms with Gasteiger partial charge in [0.05, 0.1) is 0 Å². The normalized spacial score (nSPS) is 17.9. The van der Waals surface area contributed by atoms with Crippen molar-refractivity contribution in [1.82, 2.24) is 0 Å². The molecule has 16 heavy (non-hydrogen) atoms. The average molecular weight is 256 g/mol. The number of halogens is 3. The van der Waals surface area contributed by atoms with E-state index < -0.39 is 32.6 Å². The van der Waals surface area contributed by atoms with E-state index in [0.29, 0.717) is 6.26 Å². The van der Waals surface area contributed by atoms with Crippen LogP contribution in [-0.2, 0) is 19.4 Å². The van der Waals surface area contributed by atoms with Gasteiger partial charge in [0.25, 0.3) is 0 Å². The minimum atomic E-state index is -5.03. The van der Waals surface area contributed by atoms with Crippen molar-refractivity contribution in [3.05, 3.63) is 22.8 Å². The Kier molecular flexibility index (Phi) is 3.13. The zero-order valence-corrected chi connectivity index (χ0v) is 8.85. The van der Waals surface area contributed by atoms with Crippen LogP contribution < -0.4 is 0 Å². The van der Waals surface area contributed by atoms with Gasteiger partial charge in [-0.3, -0.25) is 4.79 Å². The molecule has 90 valence electrons. The molecule has 0 aromatic carbocycles. The van der Waals surface area contributed by atoms with Gasteiger partial charge < -0.3 is 4.74 Å². The minimum absolute atomic E-state index is 0.257. The Morgan fingerprint density at radius 2 is 1.94 bits per heavy atom. The first-order chi connectivity index (χ1) is 7.11. The molecule has 0 N–H and O–H groups in total. The van der Waals surface area contributed by atoms with Crippen molar-refractivity contribution >= 4 is 15.6 Å². The Morgan fingerprint density at radius 3 is 2.38 bits per heavy atom. The van der Waals surface area contributed by atoms with Gasteiger partial charge in [0.1, 0.15) is 0 Å². The Hall–Kier alpha value is -1.31. The molecule has 0 saturated carbocycles. The average Bonchev–Trinajstić information content (AvgIpc) is 1.97. The lowest BCUT2D eigenvalue weighted by Crippen LogP contribution is -2.21. The summed E-state index contributed by atoms with van der Waals surface area (Å²) in [5.74, 6) is -1.89. The summed E-state index contributed by atoms with van der Waals surface area (Å²) in [5.41, 5.74) is 0. The summed E-state index contributed by atoms with van der Waals surface area (Å²) >= 11 is 0. The fourth-order valence-corrected chi connectivity index (χ4v) is 2.15. The molecule has 0 heterocycles. The molecule has 0 fully saturated rings. The third-order valence-corrected chi connectivity index (χ3v) is 2.82. The number of alkyl halides is 3. The second-order valence-corrected chi connectivity index (χ2v) is 5.00. The van der Waals surface area contributed by atoms with Gasteiger partial charge in [-0.2, -0.15) is 0 Å². The Balaban J connectivity index is 3.27. The fourth-order valence-electron chi connectivity index (χ4n) is 1.17. The van der Waals surface area contributed by atoms with Crippen molar-refractivity contribution in [2.24, 2.45) is 0 Å². The van der Waals surface area contributed by atoms with E-state index in [1.807, 2.05) is 0 Å². The predicted molar refractivity (Wildman–Crippen MR) is 47.8 cm³/mol. The summed E-state index contributed by atoms with van der Waals surface area (Å²) < 4.78 is 61.5. The van der Waals surface area contributed by atoms with Crippen LogP contribution >= 0.6 is 0 Å². The number of ether oxygens (including phenoxy) is 1. The molecule has 1 rings (SSSR count). The number of sulfone groups is 1. The van der Waals surface area contributed by atoms with Gasteiger partial charge in [-0.15, -0.1) is 13.2 Å². The maximum atomic E-state index is 11.9. The second kappa shape index (κ2) is 3.93. The fraction of sp³-hybridized carbons (Fsp3) is 0.375. The number of hydrogen-bond acceptors (Lipinski definition) is 4. The Morgan fingerprint density at radius 1 is 1.38 bits per heavy atom. The van der Waals surface area contributed by atoms with E-state index in [-0.39, 0.29) is 6.42 Å². The highest BCUT2D eigenvalue weighted by molar-refractivity contribution is 7.95. The molecule has 0 spiro atoms. The minimum Gasteiger partial charge on any atom is -0.404 e. The molecule has 0 saturated heterocycles. The molecule has 0 aromatic heterocycles. The summed E-state index contributed by atoms with van der Waals surface area (Å²) in [6.45, 7) is 0. The van der Waals surface area contributed by atoms with Crippen LogP contribution in [0.15, 0.2) is 22.8 Å². The lowest BCUT2D eigenvalue weighted by atomic mass is 10.1. The summed E-state index contributed by atoms with van der Waals surface area (Å²) in [6.07, 6.45) is -2.71. The summed E-state index contributed by atoms with van der Waals surface area (Å²) in [4.78, 5) is 10.3. The number of Topliss-reactive ketones (excluding diaryl/α,β-unsaturated/α-hetero) is 1. The van der Waals surface area contributed by atoms with Crippen molar-refractivity contribution in [2.75, 3.05) is 6.26 Å². The topological polar surface area (TPSA) is 60.4 Å². The third-order valence-electron chi connectivity index (χ3n) is 1.65. The van der Waals surface area contributed by atoms with Crippen LogP contribution in [0.5, 0.6) is 0 Å². The number of rotatable bonds is 2. The van der Waals surface area contributed by atoms with Crippen molar-refractivity contribution in [1.29, 1.82) is 0 Å². The van der Waals surface area contributed by atoms with E-state index in [1.54, 1.807) is 0 Å². The summed E-state index contributed by atoms with van der Waals surface area (Å²) in [6, 6.07) is 0.